The lowest BCUT2D eigenvalue weighted by atomic mass is 10.3. The van der Waals surface area contributed by atoms with Gasteiger partial charge in [-0.3, -0.25) is 4.57 Å². The Balaban J connectivity index is 1.86. The quantitative estimate of drug-likeness (QED) is 0.205. The van der Waals surface area contributed by atoms with Crippen LogP contribution in [0.4, 0.5) is 10.3 Å². The second-order valence-corrected chi connectivity index (χ2v) is 9.06. The maximum absolute atomic E-state index is 13.7. The number of hydrogen-bond donors (Lipinski definition) is 3. The number of thioether (sulfide) groups is 1. The van der Waals surface area contributed by atoms with Crippen LogP contribution in [0.3, 0.4) is 0 Å². The second kappa shape index (κ2) is 8.76. The van der Waals surface area contributed by atoms with Gasteiger partial charge in [-0.05, 0) is 24.5 Å². The standard InChI is InChI=1S/C15H17FN5O4PS2/c1-27-10-3-2-9(16)6-11(10)28-14-12-13(19-15(17)20-14)21(7-18-12)4-5-25-8-26(22,23)24/h2-3,6-7H,4-5,8H2,1H3,(H2,17,19,20)(H2,22,23,24). The normalized spacial score (nSPS) is 12.0. The van der Waals surface area contributed by atoms with E-state index in [0.717, 1.165) is 4.90 Å². The molecule has 2 aromatic heterocycles. The van der Waals surface area contributed by atoms with Crippen LogP contribution in [0, 0.1) is 5.82 Å². The van der Waals surface area contributed by atoms with E-state index in [0.29, 0.717) is 21.1 Å². The van der Waals surface area contributed by atoms with Crippen molar-refractivity contribution in [2.75, 3.05) is 24.9 Å². The van der Waals surface area contributed by atoms with E-state index in [9.17, 15) is 8.96 Å². The fraction of sp³-hybridized carbons (Fsp3) is 0.267. The number of ether oxygens (including phenoxy) is 1. The zero-order valence-electron chi connectivity index (χ0n) is 14.6. The molecule has 0 unspecified atom stereocenters. The molecule has 0 saturated heterocycles. The van der Waals surface area contributed by atoms with E-state index >= 15 is 0 Å². The first-order valence-electron chi connectivity index (χ1n) is 7.89. The molecule has 0 amide bonds. The van der Waals surface area contributed by atoms with Crippen LogP contribution in [0.25, 0.3) is 11.2 Å². The molecule has 0 bridgehead atoms. The summed E-state index contributed by atoms with van der Waals surface area (Å²) in [6.07, 6.45) is 2.76. The zero-order valence-corrected chi connectivity index (χ0v) is 17.2. The number of aromatic nitrogens is 4. The highest BCUT2D eigenvalue weighted by molar-refractivity contribution is 8.02. The van der Waals surface area contributed by atoms with Crippen molar-refractivity contribution in [3.8, 4) is 0 Å². The lowest BCUT2D eigenvalue weighted by Crippen LogP contribution is -2.07. The van der Waals surface area contributed by atoms with Gasteiger partial charge in [0.05, 0.1) is 12.9 Å². The Kier molecular flexibility index (Phi) is 6.58. The highest BCUT2D eigenvalue weighted by atomic mass is 32.2. The number of imidazole rings is 1. The molecule has 4 N–H and O–H groups in total. The summed E-state index contributed by atoms with van der Waals surface area (Å²) in [6, 6.07) is 4.51. The Morgan fingerprint density at radius 3 is 2.82 bits per heavy atom. The summed E-state index contributed by atoms with van der Waals surface area (Å²) >= 11 is 2.73. The van der Waals surface area contributed by atoms with Crippen molar-refractivity contribution in [3.63, 3.8) is 0 Å². The number of anilines is 1. The monoisotopic (exact) mass is 445 g/mol. The number of rotatable bonds is 8. The number of halogens is 1. The van der Waals surface area contributed by atoms with Crippen LogP contribution in [0.15, 0.2) is 39.3 Å². The number of nitrogens with zero attached hydrogens (tertiary/aromatic N) is 4. The smallest absolute Gasteiger partial charge is 0.350 e. The minimum absolute atomic E-state index is 0.0370. The Bertz CT molecular complexity index is 1040. The maximum Gasteiger partial charge on any atom is 0.350 e. The molecule has 9 nitrogen and oxygen atoms in total. The minimum atomic E-state index is -4.22. The van der Waals surface area contributed by atoms with Gasteiger partial charge in [-0.2, -0.15) is 4.98 Å². The number of nitrogens with two attached hydrogens (primary N) is 1. The fourth-order valence-electron chi connectivity index (χ4n) is 2.35. The van der Waals surface area contributed by atoms with Crippen molar-refractivity contribution in [2.24, 2.45) is 0 Å². The average molecular weight is 445 g/mol. The largest absolute Gasteiger partial charge is 0.368 e. The molecule has 0 aliphatic carbocycles. The van der Waals surface area contributed by atoms with Crippen molar-refractivity contribution in [1.82, 2.24) is 19.5 Å². The van der Waals surface area contributed by atoms with Gasteiger partial charge >= 0.3 is 7.60 Å². The Labute approximate surface area is 168 Å². The second-order valence-electron chi connectivity index (χ2n) is 5.60. The van der Waals surface area contributed by atoms with Gasteiger partial charge < -0.3 is 24.8 Å². The molecule has 2 heterocycles. The maximum atomic E-state index is 13.7. The lowest BCUT2D eigenvalue weighted by Gasteiger charge is -2.09. The molecule has 0 aliphatic heterocycles. The summed E-state index contributed by atoms with van der Waals surface area (Å²) in [7, 11) is -4.22. The average Bonchev–Trinajstić information content (AvgIpc) is 3.01. The summed E-state index contributed by atoms with van der Waals surface area (Å²) in [6.45, 7) is 0.330. The van der Waals surface area contributed by atoms with Gasteiger partial charge in [-0.15, -0.1) is 11.8 Å². The molecule has 0 fully saturated rings. The molecule has 3 aromatic rings. The molecule has 13 heteroatoms. The van der Waals surface area contributed by atoms with Gasteiger partial charge in [0.2, 0.25) is 5.95 Å². The van der Waals surface area contributed by atoms with Gasteiger partial charge in [0.1, 0.15) is 22.7 Å². The van der Waals surface area contributed by atoms with E-state index in [-0.39, 0.29) is 24.9 Å². The van der Waals surface area contributed by atoms with Crippen molar-refractivity contribution in [3.05, 3.63) is 30.3 Å². The van der Waals surface area contributed by atoms with Crippen molar-refractivity contribution in [1.29, 1.82) is 0 Å². The highest BCUT2D eigenvalue weighted by Crippen LogP contribution is 2.37. The molecule has 0 radical (unpaired) electrons. The molecule has 1 aromatic carbocycles. The Morgan fingerprint density at radius 2 is 2.11 bits per heavy atom. The van der Waals surface area contributed by atoms with E-state index in [1.54, 1.807) is 10.6 Å². The predicted molar refractivity (Wildman–Crippen MR) is 105 cm³/mol. The number of fused-ring (bicyclic) bond motifs is 1. The van der Waals surface area contributed by atoms with Crippen LogP contribution in [0.5, 0.6) is 0 Å². The van der Waals surface area contributed by atoms with Crippen LogP contribution >= 0.6 is 31.1 Å². The minimum Gasteiger partial charge on any atom is -0.368 e. The van der Waals surface area contributed by atoms with Gasteiger partial charge in [0.25, 0.3) is 0 Å². The fourth-order valence-corrected chi connectivity index (χ4v) is 4.48. The lowest BCUT2D eigenvalue weighted by molar-refractivity contribution is 0.149. The van der Waals surface area contributed by atoms with Crippen molar-refractivity contribution >= 4 is 48.2 Å². The van der Waals surface area contributed by atoms with Crippen molar-refractivity contribution in [2.45, 2.75) is 21.4 Å². The molecule has 0 spiro atoms. The van der Waals surface area contributed by atoms with Gasteiger partial charge in [-0.1, -0.05) is 11.8 Å². The Hall–Kier alpha value is -1.69. The third kappa shape index (κ3) is 5.22. The summed E-state index contributed by atoms with van der Waals surface area (Å²) < 4.78 is 31.1. The third-order valence-corrected chi connectivity index (χ3v) is 6.00. The molecule has 3 rings (SSSR count). The van der Waals surface area contributed by atoms with Crippen LogP contribution in [0.1, 0.15) is 0 Å². The molecular weight excluding hydrogens is 428 g/mol. The van der Waals surface area contributed by atoms with E-state index in [2.05, 4.69) is 15.0 Å². The molecule has 150 valence electrons. The SMILES string of the molecule is CSc1ccc(F)cc1Sc1nc(N)nc2c1ncn2CCOCP(=O)(O)O. The summed E-state index contributed by atoms with van der Waals surface area (Å²) in [5.74, 6) is -0.318. The number of hydrogen-bond acceptors (Lipinski definition) is 8. The third-order valence-electron chi connectivity index (χ3n) is 3.52. The topological polar surface area (TPSA) is 136 Å². The Morgan fingerprint density at radius 1 is 1.32 bits per heavy atom. The van der Waals surface area contributed by atoms with Crippen LogP contribution < -0.4 is 5.73 Å². The summed E-state index contributed by atoms with van der Waals surface area (Å²) in [4.78, 5) is 32.0. The van der Waals surface area contributed by atoms with E-state index in [4.69, 9.17) is 20.3 Å². The van der Waals surface area contributed by atoms with E-state index in [1.165, 1.54) is 42.0 Å². The van der Waals surface area contributed by atoms with Gasteiger partial charge in [0.15, 0.2) is 5.65 Å². The van der Waals surface area contributed by atoms with Gasteiger partial charge in [-0.25, -0.2) is 14.4 Å². The molecule has 0 aliphatic rings. The van der Waals surface area contributed by atoms with E-state index < -0.39 is 13.9 Å². The zero-order chi connectivity index (χ0) is 20.3. The predicted octanol–water partition coefficient (Wildman–Crippen LogP) is 2.57. The summed E-state index contributed by atoms with van der Waals surface area (Å²) in [5.41, 5.74) is 6.78. The highest BCUT2D eigenvalue weighted by Gasteiger charge is 2.16. The van der Waals surface area contributed by atoms with Crippen LogP contribution in [-0.4, -0.2) is 48.5 Å². The number of nitrogen functional groups attached to an aromatic ring is 1. The number of benzene rings is 1. The van der Waals surface area contributed by atoms with Crippen LogP contribution in [0.2, 0.25) is 0 Å². The summed E-state index contributed by atoms with van der Waals surface area (Å²) in [5, 5.41) is 0.485. The van der Waals surface area contributed by atoms with Gasteiger partial charge in [0, 0.05) is 16.3 Å². The molecular formula is C15H17FN5O4PS2. The first kappa shape index (κ1) is 21.0. The molecule has 0 saturated carbocycles. The van der Waals surface area contributed by atoms with Crippen molar-refractivity contribution < 1.29 is 23.5 Å². The molecule has 0 atom stereocenters. The first-order chi connectivity index (χ1) is 13.3. The molecule has 28 heavy (non-hydrogen) atoms. The van der Waals surface area contributed by atoms with Crippen LogP contribution in [-0.2, 0) is 15.8 Å². The first-order valence-corrected chi connectivity index (χ1v) is 11.7. The van der Waals surface area contributed by atoms with E-state index in [1.807, 2.05) is 6.26 Å².